The molecule has 4 rings (SSSR count). The lowest BCUT2D eigenvalue weighted by Gasteiger charge is -2.35. The van der Waals surface area contributed by atoms with Crippen molar-refractivity contribution in [3.63, 3.8) is 0 Å². The number of sulfonamides is 1. The van der Waals surface area contributed by atoms with E-state index in [1.54, 1.807) is 30.0 Å². The topological polar surface area (TPSA) is 142 Å². The minimum atomic E-state index is -3.62. The van der Waals surface area contributed by atoms with Crippen LogP contribution in [0.5, 0.6) is 0 Å². The van der Waals surface area contributed by atoms with E-state index >= 15 is 0 Å². The Hall–Kier alpha value is -3.58. The minimum Gasteiger partial charge on any atom is -0.369 e. The molecule has 0 unspecified atom stereocenters. The molecule has 0 radical (unpaired) electrons. The summed E-state index contributed by atoms with van der Waals surface area (Å²) in [5, 5.41) is 16.8. The van der Waals surface area contributed by atoms with Gasteiger partial charge in [0, 0.05) is 49.8 Å². The Labute approximate surface area is 240 Å². The van der Waals surface area contributed by atoms with Crippen LogP contribution in [0.2, 0.25) is 0 Å². The number of carbonyl (C=O) groups is 1. The van der Waals surface area contributed by atoms with Crippen LogP contribution in [-0.4, -0.2) is 58.1 Å². The van der Waals surface area contributed by atoms with Crippen LogP contribution in [0.15, 0.2) is 42.9 Å². The van der Waals surface area contributed by atoms with Crippen LogP contribution in [-0.2, 0) is 21.9 Å². The average Bonchev–Trinajstić information content (AvgIpc) is 3.40. The number of anilines is 2. The zero-order valence-corrected chi connectivity index (χ0v) is 24.1. The number of benzene rings is 1. The van der Waals surface area contributed by atoms with E-state index in [2.05, 4.69) is 24.8 Å². The van der Waals surface area contributed by atoms with Gasteiger partial charge in [0.1, 0.15) is 12.2 Å². The van der Waals surface area contributed by atoms with E-state index in [0.717, 1.165) is 55.6 Å². The molecular weight excluding hydrogens is 549 g/mol. The Morgan fingerprint density at radius 1 is 1.07 bits per heavy atom. The second kappa shape index (κ2) is 14.4. The number of aromatic nitrogens is 4. The van der Waals surface area contributed by atoms with E-state index in [1.165, 1.54) is 12.3 Å². The van der Waals surface area contributed by atoms with E-state index in [-0.39, 0.29) is 18.1 Å². The monoisotopic (exact) mass is 587 g/mol. The van der Waals surface area contributed by atoms with Crippen molar-refractivity contribution >= 4 is 27.3 Å². The Morgan fingerprint density at radius 3 is 2.46 bits per heavy atom. The van der Waals surface area contributed by atoms with E-state index in [1.807, 2.05) is 17.7 Å². The van der Waals surface area contributed by atoms with Crippen LogP contribution >= 0.6 is 0 Å². The maximum atomic E-state index is 13.6. The smallest absolute Gasteiger partial charge is 0.243 e. The Balaban J connectivity index is 1.43. The summed E-state index contributed by atoms with van der Waals surface area (Å²) in [7, 11) is -1.68. The number of nitrogens with one attached hydrogen (secondary N) is 2. The normalized spacial score (nSPS) is 14.3. The van der Waals surface area contributed by atoms with Crippen molar-refractivity contribution in [1.82, 2.24) is 25.2 Å². The van der Waals surface area contributed by atoms with Gasteiger partial charge in [-0.25, -0.2) is 18.9 Å². The molecule has 1 fully saturated rings. The standard InChI is InChI=1S/C28H38FN7O4S/c1-35-20-31-32-28(35)21-14-16-36(17-15-21)27-23(22-12-13-25(29)30-19-22)9-8-10-24(27)34-41(39,40)18-7-5-3-2-4-6-11-26(37)33-38/h8-10,12-13,19-21,34,38H,2-7,11,14-18H2,1H3,(H,33,37). The molecule has 1 aliphatic heterocycles. The Bertz CT molecular complexity index is 1390. The number of halogens is 1. The number of nitrogens with zero attached hydrogens (tertiary/aromatic N) is 5. The number of carbonyl (C=O) groups excluding carboxylic acids is 1. The van der Waals surface area contributed by atoms with Crippen molar-refractivity contribution in [2.75, 3.05) is 28.5 Å². The summed E-state index contributed by atoms with van der Waals surface area (Å²) < 4.78 is 44.6. The number of rotatable bonds is 14. The first-order valence-electron chi connectivity index (χ1n) is 14.0. The third-order valence-corrected chi connectivity index (χ3v) is 8.81. The van der Waals surface area contributed by atoms with Gasteiger partial charge in [0.05, 0.1) is 17.1 Å². The van der Waals surface area contributed by atoms with E-state index in [0.29, 0.717) is 37.2 Å². The van der Waals surface area contributed by atoms with Crippen LogP contribution in [0.1, 0.15) is 69.5 Å². The van der Waals surface area contributed by atoms with Crippen LogP contribution in [0.25, 0.3) is 11.1 Å². The summed E-state index contributed by atoms with van der Waals surface area (Å²) in [5.41, 5.74) is 4.36. The van der Waals surface area contributed by atoms with Crippen molar-refractivity contribution in [1.29, 1.82) is 0 Å². The van der Waals surface area contributed by atoms with Crippen LogP contribution in [0.4, 0.5) is 15.8 Å². The summed E-state index contributed by atoms with van der Waals surface area (Å²) in [5.74, 6) is 0.224. The van der Waals surface area contributed by atoms with E-state index in [4.69, 9.17) is 5.21 Å². The predicted molar refractivity (Wildman–Crippen MR) is 154 cm³/mol. The molecule has 3 aromatic rings. The average molecular weight is 588 g/mol. The Morgan fingerprint density at radius 2 is 1.80 bits per heavy atom. The molecule has 3 N–H and O–H groups in total. The number of hydrogen-bond acceptors (Lipinski definition) is 8. The highest BCUT2D eigenvalue weighted by Crippen LogP contribution is 2.40. The molecule has 1 aliphatic rings. The van der Waals surface area contributed by atoms with Gasteiger partial charge in [0.25, 0.3) is 0 Å². The molecular formula is C28H38FN7O4S. The summed E-state index contributed by atoms with van der Waals surface area (Å²) in [6.07, 6.45) is 9.69. The lowest BCUT2D eigenvalue weighted by molar-refractivity contribution is -0.129. The van der Waals surface area contributed by atoms with Crippen molar-refractivity contribution in [2.45, 2.75) is 63.7 Å². The number of aryl methyl sites for hydroxylation is 1. The molecule has 222 valence electrons. The molecule has 41 heavy (non-hydrogen) atoms. The maximum absolute atomic E-state index is 13.6. The summed E-state index contributed by atoms with van der Waals surface area (Å²) >= 11 is 0. The highest BCUT2D eigenvalue weighted by atomic mass is 32.2. The fraction of sp³-hybridized carbons (Fsp3) is 0.500. The molecule has 0 spiro atoms. The third kappa shape index (κ3) is 8.46. The Kier molecular flexibility index (Phi) is 10.6. The molecule has 0 aliphatic carbocycles. The largest absolute Gasteiger partial charge is 0.369 e. The molecule has 1 amide bonds. The van der Waals surface area contributed by atoms with E-state index in [9.17, 15) is 17.6 Å². The van der Waals surface area contributed by atoms with Crippen molar-refractivity contribution in [3.8, 4) is 11.1 Å². The molecule has 0 saturated carbocycles. The first-order chi connectivity index (χ1) is 19.8. The zero-order valence-electron chi connectivity index (χ0n) is 23.3. The molecule has 1 saturated heterocycles. The quantitative estimate of drug-likeness (QED) is 0.109. The van der Waals surface area contributed by atoms with Gasteiger partial charge in [-0.3, -0.25) is 14.7 Å². The number of para-hydroxylation sites is 1. The highest BCUT2D eigenvalue weighted by molar-refractivity contribution is 7.92. The first kappa shape index (κ1) is 30.4. The summed E-state index contributed by atoms with van der Waals surface area (Å²) in [4.78, 5) is 17.1. The first-order valence-corrected chi connectivity index (χ1v) is 15.7. The van der Waals surface area contributed by atoms with Gasteiger partial charge >= 0.3 is 0 Å². The molecule has 11 nitrogen and oxygen atoms in total. The van der Waals surface area contributed by atoms with Gasteiger partial charge in [-0.05, 0) is 43.9 Å². The number of piperidine rings is 1. The lowest BCUT2D eigenvalue weighted by Crippen LogP contribution is -2.34. The van der Waals surface area contributed by atoms with Crippen LogP contribution < -0.4 is 15.1 Å². The fourth-order valence-electron chi connectivity index (χ4n) is 5.32. The fourth-order valence-corrected chi connectivity index (χ4v) is 6.50. The maximum Gasteiger partial charge on any atom is 0.243 e. The van der Waals surface area contributed by atoms with Gasteiger partial charge in [0.2, 0.25) is 21.9 Å². The van der Waals surface area contributed by atoms with Crippen molar-refractivity contribution in [3.05, 3.63) is 54.6 Å². The third-order valence-electron chi connectivity index (χ3n) is 7.45. The second-order valence-electron chi connectivity index (χ2n) is 10.5. The molecule has 3 heterocycles. The molecule has 0 atom stereocenters. The number of amides is 1. The second-order valence-corrected chi connectivity index (χ2v) is 12.3. The predicted octanol–water partition coefficient (Wildman–Crippen LogP) is 4.38. The SMILES string of the molecule is Cn1cnnc1C1CCN(c2c(NS(=O)(=O)CCCCCCCCC(=O)NO)cccc2-c2ccc(F)nc2)CC1. The molecule has 13 heteroatoms. The van der Waals surface area contributed by atoms with Crippen molar-refractivity contribution < 1.29 is 22.8 Å². The minimum absolute atomic E-state index is 0.00405. The molecule has 1 aromatic carbocycles. The van der Waals surface area contributed by atoms with Gasteiger partial charge in [-0.1, -0.05) is 37.8 Å². The van der Waals surface area contributed by atoms with E-state index < -0.39 is 21.9 Å². The van der Waals surface area contributed by atoms with Gasteiger partial charge in [-0.2, -0.15) is 4.39 Å². The van der Waals surface area contributed by atoms with Crippen molar-refractivity contribution in [2.24, 2.45) is 7.05 Å². The lowest BCUT2D eigenvalue weighted by atomic mass is 9.94. The number of pyridine rings is 1. The highest BCUT2D eigenvalue weighted by Gasteiger charge is 2.28. The van der Waals surface area contributed by atoms with Gasteiger partial charge in [-0.15, -0.1) is 10.2 Å². The zero-order chi connectivity index (χ0) is 29.2. The summed E-state index contributed by atoms with van der Waals surface area (Å²) in [6, 6.07) is 8.43. The summed E-state index contributed by atoms with van der Waals surface area (Å²) in [6.45, 7) is 1.38. The van der Waals surface area contributed by atoms with Gasteiger partial charge in [0.15, 0.2) is 0 Å². The number of unbranched alkanes of at least 4 members (excludes halogenated alkanes) is 5. The number of hydrogen-bond donors (Lipinski definition) is 3. The van der Waals surface area contributed by atoms with Gasteiger partial charge < -0.3 is 9.47 Å². The van der Waals surface area contributed by atoms with Crippen LogP contribution in [0, 0.1) is 5.95 Å². The number of hydroxylamine groups is 1. The van der Waals surface area contributed by atoms with Crippen LogP contribution in [0.3, 0.4) is 0 Å². The molecule has 0 bridgehead atoms. The molecule has 2 aromatic heterocycles.